The Bertz CT molecular complexity index is 45.7. The SMILES string of the molecule is CCC(CCO)NO. The number of hydrogen-bond acceptors (Lipinski definition) is 3. The van der Waals surface area contributed by atoms with E-state index in [0.717, 1.165) is 6.42 Å². The summed E-state index contributed by atoms with van der Waals surface area (Å²) in [6.45, 7) is 2.08. The Kier molecular flexibility index (Phi) is 4.95. The number of aliphatic hydroxyl groups excluding tert-OH is 1. The quantitative estimate of drug-likeness (QED) is 0.461. The molecule has 3 N–H and O–H groups in total. The van der Waals surface area contributed by atoms with E-state index in [1.54, 1.807) is 0 Å². The zero-order chi connectivity index (χ0) is 6.41. The van der Waals surface area contributed by atoms with Gasteiger partial charge in [0.2, 0.25) is 0 Å². The van der Waals surface area contributed by atoms with Gasteiger partial charge < -0.3 is 10.3 Å². The van der Waals surface area contributed by atoms with Crippen LogP contribution in [-0.4, -0.2) is 23.0 Å². The zero-order valence-corrected chi connectivity index (χ0v) is 5.09. The van der Waals surface area contributed by atoms with Gasteiger partial charge >= 0.3 is 0 Å². The number of hydroxylamine groups is 1. The highest BCUT2D eigenvalue weighted by Gasteiger charge is 1.99. The summed E-state index contributed by atoms with van der Waals surface area (Å²) in [4.78, 5) is 0. The van der Waals surface area contributed by atoms with Crippen molar-refractivity contribution in [1.82, 2.24) is 5.48 Å². The first-order chi connectivity index (χ1) is 3.85. The maximum absolute atomic E-state index is 8.35. The van der Waals surface area contributed by atoms with E-state index in [1.165, 1.54) is 0 Å². The second-order valence-electron chi connectivity index (χ2n) is 1.75. The fourth-order valence-corrected chi connectivity index (χ4v) is 0.516. The van der Waals surface area contributed by atoms with Crippen molar-refractivity contribution in [3.63, 3.8) is 0 Å². The van der Waals surface area contributed by atoms with Gasteiger partial charge in [0, 0.05) is 12.6 Å². The summed E-state index contributed by atoms with van der Waals surface area (Å²) in [6, 6.07) is 0.0556. The molecule has 0 spiro atoms. The van der Waals surface area contributed by atoms with Crippen molar-refractivity contribution in [3.05, 3.63) is 0 Å². The summed E-state index contributed by atoms with van der Waals surface area (Å²) in [5.41, 5.74) is 2.09. The van der Waals surface area contributed by atoms with Crippen LogP contribution in [0, 0.1) is 0 Å². The Morgan fingerprint density at radius 1 is 1.62 bits per heavy atom. The van der Waals surface area contributed by atoms with E-state index in [0.29, 0.717) is 6.42 Å². The predicted molar refractivity (Wildman–Crippen MR) is 30.7 cm³/mol. The number of rotatable bonds is 4. The van der Waals surface area contributed by atoms with Gasteiger partial charge in [-0.25, -0.2) is 5.48 Å². The number of aliphatic hydroxyl groups is 1. The van der Waals surface area contributed by atoms with Crippen molar-refractivity contribution in [3.8, 4) is 0 Å². The Balaban J connectivity index is 3.07. The minimum atomic E-state index is 0.0556. The molecule has 0 saturated heterocycles. The lowest BCUT2D eigenvalue weighted by Gasteiger charge is -2.08. The van der Waals surface area contributed by atoms with Crippen LogP contribution in [0.25, 0.3) is 0 Å². The van der Waals surface area contributed by atoms with Gasteiger partial charge in [0.15, 0.2) is 0 Å². The molecule has 0 radical (unpaired) electrons. The van der Waals surface area contributed by atoms with E-state index in [2.05, 4.69) is 5.48 Å². The molecule has 1 atom stereocenters. The molecule has 0 aromatic heterocycles. The molecule has 3 heteroatoms. The van der Waals surface area contributed by atoms with E-state index in [4.69, 9.17) is 10.3 Å². The summed E-state index contributed by atoms with van der Waals surface area (Å²) in [7, 11) is 0. The van der Waals surface area contributed by atoms with Crippen molar-refractivity contribution < 1.29 is 10.3 Å². The van der Waals surface area contributed by atoms with Crippen molar-refractivity contribution in [2.75, 3.05) is 6.61 Å². The average molecular weight is 119 g/mol. The molecule has 50 valence electrons. The van der Waals surface area contributed by atoms with Crippen LogP contribution in [0.3, 0.4) is 0 Å². The van der Waals surface area contributed by atoms with Gasteiger partial charge in [-0.05, 0) is 12.8 Å². The third-order valence-corrected chi connectivity index (χ3v) is 1.15. The van der Waals surface area contributed by atoms with Crippen LogP contribution in [-0.2, 0) is 0 Å². The maximum Gasteiger partial charge on any atom is 0.0446 e. The molecule has 0 amide bonds. The summed E-state index contributed by atoms with van der Waals surface area (Å²) in [5.74, 6) is 0. The lowest BCUT2D eigenvalue weighted by Crippen LogP contribution is -2.25. The minimum absolute atomic E-state index is 0.0556. The van der Waals surface area contributed by atoms with Crippen LogP contribution in [0.15, 0.2) is 0 Å². The van der Waals surface area contributed by atoms with Crippen LogP contribution in [0.2, 0.25) is 0 Å². The molecule has 0 rings (SSSR count). The largest absolute Gasteiger partial charge is 0.396 e. The van der Waals surface area contributed by atoms with Gasteiger partial charge in [0.25, 0.3) is 0 Å². The highest BCUT2D eigenvalue weighted by molar-refractivity contribution is 4.56. The standard InChI is InChI=1S/C5H13NO2/c1-2-5(6-8)3-4-7/h5-8H,2-4H2,1H3. The molecule has 0 saturated carbocycles. The second-order valence-corrected chi connectivity index (χ2v) is 1.75. The molecule has 0 bridgehead atoms. The van der Waals surface area contributed by atoms with Crippen molar-refractivity contribution in [2.45, 2.75) is 25.8 Å². The molecular weight excluding hydrogens is 106 g/mol. The van der Waals surface area contributed by atoms with Crippen LogP contribution in [0.4, 0.5) is 0 Å². The lowest BCUT2D eigenvalue weighted by molar-refractivity contribution is 0.108. The van der Waals surface area contributed by atoms with Gasteiger partial charge in [0.1, 0.15) is 0 Å². The van der Waals surface area contributed by atoms with E-state index >= 15 is 0 Å². The first-order valence-electron chi connectivity index (χ1n) is 2.85. The molecule has 1 unspecified atom stereocenters. The van der Waals surface area contributed by atoms with E-state index in [9.17, 15) is 0 Å². The van der Waals surface area contributed by atoms with Gasteiger partial charge in [-0.2, -0.15) is 0 Å². The second kappa shape index (κ2) is 5.03. The van der Waals surface area contributed by atoms with Crippen molar-refractivity contribution in [2.24, 2.45) is 0 Å². The Morgan fingerprint density at radius 3 is 2.38 bits per heavy atom. The first kappa shape index (κ1) is 7.88. The molecule has 0 aliphatic carbocycles. The Morgan fingerprint density at radius 2 is 2.25 bits per heavy atom. The highest BCUT2D eigenvalue weighted by atomic mass is 16.5. The van der Waals surface area contributed by atoms with Crippen molar-refractivity contribution in [1.29, 1.82) is 0 Å². The van der Waals surface area contributed by atoms with Crippen molar-refractivity contribution >= 4 is 0 Å². The molecule has 0 aliphatic rings. The molecular formula is C5H13NO2. The molecule has 0 heterocycles. The highest BCUT2D eigenvalue weighted by Crippen LogP contribution is 1.93. The first-order valence-corrected chi connectivity index (χ1v) is 2.85. The topological polar surface area (TPSA) is 52.5 Å². The molecule has 0 fully saturated rings. The third kappa shape index (κ3) is 2.96. The summed E-state index contributed by atoms with van der Waals surface area (Å²) in [6.07, 6.45) is 1.46. The normalized spacial score (nSPS) is 13.9. The number of nitrogens with one attached hydrogen (secondary N) is 1. The third-order valence-electron chi connectivity index (χ3n) is 1.15. The van der Waals surface area contributed by atoms with Gasteiger partial charge in [-0.3, -0.25) is 0 Å². The molecule has 8 heavy (non-hydrogen) atoms. The number of hydrogen-bond donors (Lipinski definition) is 3. The van der Waals surface area contributed by atoms with Gasteiger partial charge in [0.05, 0.1) is 0 Å². The lowest BCUT2D eigenvalue weighted by atomic mass is 10.2. The molecule has 3 nitrogen and oxygen atoms in total. The van der Waals surface area contributed by atoms with Gasteiger partial charge in [-0.1, -0.05) is 6.92 Å². The van der Waals surface area contributed by atoms with Crippen LogP contribution in [0.1, 0.15) is 19.8 Å². The fourth-order valence-electron chi connectivity index (χ4n) is 0.516. The summed E-state index contributed by atoms with van der Waals surface area (Å²) < 4.78 is 0. The smallest absolute Gasteiger partial charge is 0.0446 e. The van der Waals surface area contributed by atoms with Crippen LogP contribution in [0.5, 0.6) is 0 Å². The van der Waals surface area contributed by atoms with Crippen LogP contribution >= 0.6 is 0 Å². The summed E-state index contributed by atoms with van der Waals surface area (Å²) >= 11 is 0. The monoisotopic (exact) mass is 119 g/mol. The van der Waals surface area contributed by atoms with E-state index in [-0.39, 0.29) is 12.6 Å². The predicted octanol–water partition coefficient (Wildman–Crippen LogP) is 0.126. The molecule has 0 aliphatic heterocycles. The van der Waals surface area contributed by atoms with E-state index < -0.39 is 0 Å². The van der Waals surface area contributed by atoms with E-state index in [1.807, 2.05) is 6.92 Å². The maximum atomic E-state index is 8.35. The average Bonchev–Trinajstić information content (AvgIpc) is 1.83. The van der Waals surface area contributed by atoms with Crippen LogP contribution < -0.4 is 5.48 Å². The minimum Gasteiger partial charge on any atom is -0.396 e. The fraction of sp³-hybridized carbons (Fsp3) is 1.00. The Labute approximate surface area is 49.3 Å². The molecule has 0 aromatic carbocycles. The van der Waals surface area contributed by atoms with Gasteiger partial charge in [-0.15, -0.1) is 0 Å². The Hall–Kier alpha value is -0.120. The molecule has 0 aromatic rings. The zero-order valence-electron chi connectivity index (χ0n) is 5.09. The summed E-state index contributed by atoms with van der Waals surface area (Å²) in [5, 5.41) is 16.6.